The molecule has 1 aliphatic rings. The number of nitrogens with zero attached hydrogens (tertiary/aromatic N) is 2. The average molecular weight is 341 g/mol. The zero-order valence-corrected chi connectivity index (χ0v) is 13.9. The van der Waals surface area contributed by atoms with Crippen LogP contribution in [0.2, 0.25) is 10.0 Å². The molecular weight excluding hydrogens is 323 g/mol. The van der Waals surface area contributed by atoms with E-state index in [0.29, 0.717) is 36.0 Å². The first-order valence-electron chi connectivity index (χ1n) is 7.12. The topological polar surface area (TPSA) is 41.9 Å². The summed E-state index contributed by atoms with van der Waals surface area (Å²) in [7, 11) is 0. The second kappa shape index (κ2) is 7.65. The molecule has 6 heteroatoms. The van der Waals surface area contributed by atoms with Crippen LogP contribution in [0, 0.1) is 0 Å². The molecule has 0 fully saturated rings. The first-order chi connectivity index (χ1) is 10.5. The van der Waals surface area contributed by atoms with E-state index < -0.39 is 0 Å². The summed E-state index contributed by atoms with van der Waals surface area (Å²) in [5.41, 5.74) is 1.69. The van der Waals surface area contributed by atoms with E-state index in [1.54, 1.807) is 23.1 Å². The number of hydrogen-bond acceptors (Lipinski definition) is 3. The van der Waals surface area contributed by atoms with Crippen LogP contribution in [-0.4, -0.2) is 35.7 Å². The third-order valence-corrected chi connectivity index (χ3v) is 4.15. The van der Waals surface area contributed by atoms with Gasteiger partial charge in [-0.1, -0.05) is 47.4 Å². The van der Waals surface area contributed by atoms with Crippen LogP contribution in [0.1, 0.15) is 25.3 Å². The van der Waals surface area contributed by atoms with Crippen LogP contribution in [0.4, 0.5) is 0 Å². The van der Waals surface area contributed by atoms with Crippen LogP contribution in [0.3, 0.4) is 0 Å². The molecule has 1 aromatic carbocycles. The molecule has 118 valence electrons. The van der Waals surface area contributed by atoms with Crippen molar-refractivity contribution in [2.75, 3.05) is 13.1 Å². The predicted octanol–water partition coefficient (Wildman–Crippen LogP) is 3.91. The number of hydrogen-bond donors (Lipinski definition) is 0. The Morgan fingerprint density at radius 1 is 1.50 bits per heavy atom. The van der Waals surface area contributed by atoms with Crippen molar-refractivity contribution in [3.63, 3.8) is 0 Å². The molecule has 0 aliphatic carbocycles. The number of halogens is 2. The zero-order valence-electron chi connectivity index (χ0n) is 12.4. The summed E-state index contributed by atoms with van der Waals surface area (Å²) in [5, 5.41) is 5.10. The van der Waals surface area contributed by atoms with Gasteiger partial charge in [0.1, 0.15) is 0 Å². The van der Waals surface area contributed by atoms with Gasteiger partial charge in [0.15, 0.2) is 6.10 Å². The lowest BCUT2D eigenvalue weighted by Crippen LogP contribution is -2.37. The molecule has 1 aliphatic heterocycles. The smallest absolute Gasteiger partial charge is 0.222 e. The van der Waals surface area contributed by atoms with Gasteiger partial charge in [-0.25, -0.2) is 0 Å². The predicted molar refractivity (Wildman–Crippen MR) is 89.6 cm³/mol. The van der Waals surface area contributed by atoms with Crippen LogP contribution < -0.4 is 0 Å². The molecular formula is C16H18Cl2N2O2. The second-order valence-corrected chi connectivity index (χ2v) is 5.85. The monoisotopic (exact) mass is 340 g/mol. The molecule has 1 atom stereocenters. The van der Waals surface area contributed by atoms with E-state index >= 15 is 0 Å². The Bertz CT molecular complexity index is 602. The number of oxime groups is 1. The van der Waals surface area contributed by atoms with E-state index in [4.69, 9.17) is 28.0 Å². The van der Waals surface area contributed by atoms with Crippen LogP contribution >= 0.6 is 23.2 Å². The molecule has 1 aromatic rings. The van der Waals surface area contributed by atoms with Crippen LogP contribution in [0.5, 0.6) is 0 Å². The van der Waals surface area contributed by atoms with Crippen molar-refractivity contribution in [3.05, 3.63) is 46.5 Å². The van der Waals surface area contributed by atoms with Crippen LogP contribution in [0.25, 0.3) is 0 Å². The first kappa shape index (κ1) is 16.8. The lowest BCUT2D eigenvalue weighted by molar-refractivity contribution is -0.132. The van der Waals surface area contributed by atoms with Gasteiger partial charge in [0.2, 0.25) is 5.91 Å². The van der Waals surface area contributed by atoms with Gasteiger partial charge in [-0.15, -0.1) is 6.58 Å². The maximum Gasteiger partial charge on any atom is 0.222 e. The molecule has 0 aromatic heterocycles. The van der Waals surface area contributed by atoms with Gasteiger partial charge < -0.3 is 9.74 Å². The minimum Gasteiger partial charge on any atom is -0.390 e. The van der Waals surface area contributed by atoms with Crippen molar-refractivity contribution in [3.8, 4) is 0 Å². The average Bonchev–Trinajstić information content (AvgIpc) is 2.97. The van der Waals surface area contributed by atoms with E-state index in [1.807, 2.05) is 13.0 Å². The number of benzene rings is 1. The lowest BCUT2D eigenvalue weighted by atomic mass is 10.0. The molecule has 0 saturated carbocycles. The SMILES string of the molecule is C=CCN(CC1CC(c2ccc(Cl)c(Cl)c2)=NO1)C(=O)CC. The Kier molecular flexibility index (Phi) is 5.86. The van der Waals surface area contributed by atoms with Crippen molar-refractivity contribution < 1.29 is 9.63 Å². The summed E-state index contributed by atoms with van der Waals surface area (Å²) in [6, 6.07) is 5.37. The molecule has 22 heavy (non-hydrogen) atoms. The molecule has 0 bridgehead atoms. The van der Waals surface area contributed by atoms with Crippen molar-refractivity contribution in [1.82, 2.24) is 4.90 Å². The summed E-state index contributed by atoms with van der Waals surface area (Å²) >= 11 is 11.9. The standard InChI is InChI=1S/C16H18Cl2N2O2/c1-3-7-20(16(21)4-2)10-12-9-15(19-22-12)11-5-6-13(17)14(18)8-11/h3,5-6,8,12H,1,4,7,9-10H2,2H3. The largest absolute Gasteiger partial charge is 0.390 e. The molecule has 1 heterocycles. The maximum absolute atomic E-state index is 11.9. The minimum atomic E-state index is -0.153. The molecule has 4 nitrogen and oxygen atoms in total. The molecule has 0 saturated heterocycles. The van der Waals surface area contributed by atoms with Gasteiger partial charge in [0.05, 0.1) is 22.3 Å². The highest BCUT2D eigenvalue weighted by Gasteiger charge is 2.26. The fourth-order valence-electron chi connectivity index (χ4n) is 2.28. The van der Waals surface area contributed by atoms with Gasteiger partial charge >= 0.3 is 0 Å². The minimum absolute atomic E-state index is 0.0755. The summed E-state index contributed by atoms with van der Waals surface area (Å²) in [4.78, 5) is 19.0. The quantitative estimate of drug-likeness (QED) is 0.736. The van der Waals surface area contributed by atoms with E-state index in [1.165, 1.54) is 0 Å². The van der Waals surface area contributed by atoms with Gasteiger partial charge in [-0.3, -0.25) is 4.79 Å². The fraction of sp³-hybridized carbons (Fsp3) is 0.375. The van der Waals surface area contributed by atoms with Crippen molar-refractivity contribution in [2.24, 2.45) is 5.16 Å². The Hall–Kier alpha value is -1.52. The highest BCUT2D eigenvalue weighted by molar-refractivity contribution is 6.42. The molecule has 1 amide bonds. The zero-order chi connectivity index (χ0) is 16.1. The van der Waals surface area contributed by atoms with Crippen LogP contribution in [0.15, 0.2) is 36.0 Å². The number of rotatable bonds is 6. The molecule has 1 unspecified atom stereocenters. The molecule has 0 spiro atoms. The highest BCUT2D eigenvalue weighted by atomic mass is 35.5. The van der Waals surface area contributed by atoms with E-state index in [9.17, 15) is 4.79 Å². The van der Waals surface area contributed by atoms with E-state index in [0.717, 1.165) is 11.3 Å². The molecule has 0 radical (unpaired) electrons. The van der Waals surface area contributed by atoms with Crippen molar-refractivity contribution in [1.29, 1.82) is 0 Å². The van der Waals surface area contributed by atoms with Gasteiger partial charge in [0, 0.05) is 24.9 Å². The van der Waals surface area contributed by atoms with E-state index in [2.05, 4.69) is 11.7 Å². The van der Waals surface area contributed by atoms with Crippen LogP contribution in [-0.2, 0) is 9.63 Å². The molecule has 2 rings (SSSR count). The number of carbonyl (C=O) groups is 1. The Labute approximate surface area is 140 Å². The van der Waals surface area contributed by atoms with E-state index in [-0.39, 0.29) is 12.0 Å². The Morgan fingerprint density at radius 2 is 2.27 bits per heavy atom. The van der Waals surface area contributed by atoms with Gasteiger partial charge in [-0.05, 0) is 12.1 Å². The second-order valence-electron chi connectivity index (χ2n) is 5.04. The number of amides is 1. The summed E-state index contributed by atoms with van der Waals surface area (Å²) in [5.74, 6) is 0.0755. The fourth-order valence-corrected chi connectivity index (χ4v) is 2.57. The number of carbonyl (C=O) groups excluding carboxylic acids is 1. The third kappa shape index (κ3) is 4.02. The maximum atomic E-state index is 11.9. The first-order valence-corrected chi connectivity index (χ1v) is 7.87. The highest BCUT2D eigenvalue weighted by Crippen LogP contribution is 2.25. The van der Waals surface area contributed by atoms with Crippen molar-refractivity contribution >= 4 is 34.8 Å². The Morgan fingerprint density at radius 3 is 2.91 bits per heavy atom. The lowest BCUT2D eigenvalue weighted by Gasteiger charge is -2.22. The van der Waals surface area contributed by atoms with Gasteiger partial charge in [0.25, 0.3) is 0 Å². The van der Waals surface area contributed by atoms with Crippen molar-refractivity contribution in [2.45, 2.75) is 25.9 Å². The Balaban J connectivity index is 2.00. The summed E-state index contributed by atoms with van der Waals surface area (Å²) < 4.78 is 0. The third-order valence-electron chi connectivity index (χ3n) is 3.41. The summed E-state index contributed by atoms with van der Waals surface area (Å²) in [6.07, 6.45) is 2.65. The summed E-state index contributed by atoms with van der Waals surface area (Å²) in [6.45, 7) is 6.52. The molecule has 0 N–H and O–H groups in total. The normalized spacial score (nSPS) is 16.9. The van der Waals surface area contributed by atoms with Gasteiger partial charge in [-0.2, -0.15) is 0 Å².